The van der Waals surface area contributed by atoms with Crippen molar-refractivity contribution in [3.63, 3.8) is 0 Å². The number of carbonyl (C=O) groups excluding carboxylic acids is 4. The molecule has 0 bridgehead atoms. The molecule has 2 aromatic rings. The van der Waals surface area contributed by atoms with Crippen molar-refractivity contribution in [3.8, 4) is 0 Å². The second-order valence-corrected chi connectivity index (χ2v) is 6.67. The van der Waals surface area contributed by atoms with Gasteiger partial charge in [-0.25, -0.2) is 9.18 Å². The maximum Gasteiger partial charge on any atom is 0.327 e. The molecule has 3 amide bonds. The van der Waals surface area contributed by atoms with Crippen LogP contribution in [0.4, 0.5) is 9.18 Å². The second-order valence-electron chi connectivity index (χ2n) is 6.67. The Morgan fingerprint density at radius 3 is 2.07 bits per heavy atom. The number of rotatable bonds is 5. The summed E-state index contributed by atoms with van der Waals surface area (Å²) in [5, 5.41) is 0. The number of carbonyl (C=O) groups is 4. The highest BCUT2D eigenvalue weighted by atomic mass is 19.1. The van der Waals surface area contributed by atoms with Crippen LogP contribution in [0.5, 0.6) is 0 Å². The molecule has 29 heavy (non-hydrogen) atoms. The molecule has 1 aliphatic rings. The first-order valence-corrected chi connectivity index (χ1v) is 8.75. The number of hydrogen-bond donors (Lipinski definition) is 0. The molecule has 1 fully saturated rings. The third-order valence-electron chi connectivity index (χ3n) is 5.19. The number of hydrogen-bond acceptors (Lipinski definition) is 5. The van der Waals surface area contributed by atoms with Gasteiger partial charge in [0, 0.05) is 19.7 Å². The molecule has 0 aliphatic carbocycles. The first kappa shape index (κ1) is 20.2. The zero-order valence-corrected chi connectivity index (χ0v) is 16.1. The predicted octanol–water partition coefficient (Wildman–Crippen LogP) is 2.22. The zero-order chi connectivity index (χ0) is 21.3. The molecule has 2 unspecified atom stereocenters. The van der Waals surface area contributed by atoms with Crippen LogP contribution in [0.1, 0.15) is 15.9 Å². The smallest absolute Gasteiger partial charge is 0.327 e. The number of urea groups is 1. The summed E-state index contributed by atoms with van der Waals surface area (Å²) in [5.41, 5.74) is -1.64. The van der Waals surface area contributed by atoms with Crippen molar-refractivity contribution < 1.29 is 28.3 Å². The number of ketones is 1. The highest BCUT2D eigenvalue weighted by Crippen LogP contribution is 2.44. The normalized spacial score (nSPS) is 20.0. The van der Waals surface area contributed by atoms with Gasteiger partial charge in [0.2, 0.25) is 0 Å². The molecular weight excluding hydrogens is 379 g/mol. The van der Waals surface area contributed by atoms with Crippen molar-refractivity contribution in [3.05, 3.63) is 71.5 Å². The Morgan fingerprint density at radius 2 is 1.59 bits per heavy atom. The molecule has 150 valence electrons. The molecule has 0 aromatic heterocycles. The van der Waals surface area contributed by atoms with E-state index in [1.54, 1.807) is 30.3 Å². The van der Waals surface area contributed by atoms with Crippen molar-refractivity contribution in [2.75, 3.05) is 21.2 Å². The van der Waals surface area contributed by atoms with E-state index < -0.39 is 41.0 Å². The van der Waals surface area contributed by atoms with E-state index in [4.69, 9.17) is 4.74 Å². The van der Waals surface area contributed by atoms with E-state index in [1.807, 2.05) is 0 Å². The topological polar surface area (TPSA) is 84.0 Å². The third kappa shape index (κ3) is 2.97. The zero-order valence-electron chi connectivity index (χ0n) is 16.1. The van der Waals surface area contributed by atoms with E-state index in [1.165, 1.54) is 26.2 Å². The number of Topliss-reactive ketones (excluding diaryl/α,β-unsaturated/α-hetero) is 1. The minimum Gasteiger partial charge on any atom is -0.468 e. The Labute approximate surface area is 166 Å². The second kappa shape index (κ2) is 7.46. The van der Waals surface area contributed by atoms with Crippen molar-refractivity contribution in [1.29, 1.82) is 0 Å². The van der Waals surface area contributed by atoms with Crippen LogP contribution in [0.2, 0.25) is 0 Å². The Morgan fingerprint density at radius 1 is 1.00 bits per heavy atom. The summed E-state index contributed by atoms with van der Waals surface area (Å²) in [6.45, 7) is 0. The Kier molecular flexibility index (Phi) is 5.19. The van der Waals surface area contributed by atoms with Crippen molar-refractivity contribution in [1.82, 2.24) is 9.80 Å². The predicted molar refractivity (Wildman–Crippen MR) is 100 cm³/mol. The quantitative estimate of drug-likeness (QED) is 0.334. The van der Waals surface area contributed by atoms with Crippen molar-refractivity contribution in [2.45, 2.75) is 5.54 Å². The number of halogens is 1. The van der Waals surface area contributed by atoms with E-state index in [0.29, 0.717) is 0 Å². The number of benzene rings is 2. The van der Waals surface area contributed by atoms with Crippen LogP contribution in [0.3, 0.4) is 0 Å². The number of likely N-dealkylation sites (N-methyl/N-ethyl adjacent to an activating group) is 2. The minimum atomic E-state index is -1.94. The Balaban J connectivity index is 2.29. The fourth-order valence-corrected chi connectivity index (χ4v) is 3.72. The van der Waals surface area contributed by atoms with Crippen LogP contribution < -0.4 is 0 Å². The lowest BCUT2D eigenvalue weighted by molar-refractivity contribution is -0.152. The summed E-state index contributed by atoms with van der Waals surface area (Å²) in [7, 11) is 3.73. The molecule has 1 aliphatic heterocycles. The number of esters is 1. The monoisotopic (exact) mass is 398 g/mol. The van der Waals surface area contributed by atoms with E-state index in [0.717, 1.165) is 29.0 Å². The molecule has 0 spiro atoms. The molecule has 1 heterocycles. The lowest BCUT2D eigenvalue weighted by atomic mass is 9.73. The van der Waals surface area contributed by atoms with Gasteiger partial charge in [-0.1, -0.05) is 30.3 Å². The van der Waals surface area contributed by atoms with Crippen LogP contribution in [-0.4, -0.2) is 54.7 Å². The van der Waals surface area contributed by atoms with Gasteiger partial charge in [-0.2, -0.15) is 0 Å². The van der Waals surface area contributed by atoms with E-state index in [9.17, 15) is 23.6 Å². The van der Waals surface area contributed by atoms with Crippen molar-refractivity contribution >= 4 is 23.7 Å². The van der Waals surface area contributed by atoms with Crippen LogP contribution in [0.15, 0.2) is 54.6 Å². The first-order valence-electron chi connectivity index (χ1n) is 8.75. The van der Waals surface area contributed by atoms with Gasteiger partial charge in [0.1, 0.15) is 5.82 Å². The molecule has 3 rings (SSSR count). The first-order chi connectivity index (χ1) is 13.8. The Bertz CT molecular complexity index is 976. The van der Waals surface area contributed by atoms with Gasteiger partial charge >= 0.3 is 12.0 Å². The molecule has 8 heteroatoms. The highest BCUT2D eigenvalue weighted by Gasteiger charge is 2.64. The molecule has 2 atom stereocenters. The van der Waals surface area contributed by atoms with Crippen LogP contribution in [-0.2, 0) is 19.9 Å². The SMILES string of the molecule is COC(=O)C(C(=O)c1ccc(F)cc1)C1(c2ccccc2)C(=O)N(C)C(=O)N1C. The summed E-state index contributed by atoms with van der Waals surface area (Å²) < 4.78 is 18.2. The number of methoxy groups -OCH3 is 1. The molecular formula is C21H19FN2O5. The average molecular weight is 398 g/mol. The number of nitrogens with zero attached hydrogens (tertiary/aromatic N) is 2. The third-order valence-corrected chi connectivity index (χ3v) is 5.19. The highest BCUT2D eigenvalue weighted by molar-refractivity contribution is 6.18. The lowest BCUT2D eigenvalue weighted by Gasteiger charge is -2.37. The minimum absolute atomic E-state index is 0.0142. The van der Waals surface area contributed by atoms with Gasteiger partial charge in [-0.05, 0) is 29.8 Å². The summed E-state index contributed by atoms with van der Waals surface area (Å²) in [6, 6.07) is 12.0. The standard InChI is InChI=1S/C21H19FN2O5/c1-23-19(27)21(24(2)20(23)28,14-7-5-4-6-8-14)16(18(26)29-3)17(25)13-9-11-15(22)12-10-13/h4-12,16H,1-3H3. The summed E-state index contributed by atoms with van der Waals surface area (Å²) in [4.78, 5) is 54.2. The fourth-order valence-electron chi connectivity index (χ4n) is 3.72. The summed E-state index contributed by atoms with van der Waals surface area (Å²) >= 11 is 0. The van der Waals surface area contributed by atoms with Gasteiger partial charge in [0.05, 0.1) is 7.11 Å². The number of ether oxygens (including phenoxy) is 1. The molecule has 0 radical (unpaired) electrons. The molecule has 7 nitrogen and oxygen atoms in total. The van der Waals surface area contributed by atoms with Gasteiger partial charge in [-0.15, -0.1) is 0 Å². The fraction of sp³-hybridized carbons (Fsp3) is 0.238. The Hall–Kier alpha value is -3.55. The van der Waals surface area contributed by atoms with Gasteiger partial charge in [0.15, 0.2) is 17.2 Å². The molecule has 2 aromatic carbocycles. The van der Waals surface area contributed by atoms with Crippen LogP contribution in [0.25, 0.3) is 0 Å². The number of amides is 3. The molecule has 0 saturated carbocycles. The van der Waals surface area contributed by atoms with Crippen LogP contribution >= 0.6 is 0 Å². The number of imide groups is 1. The lowest BCUT2D eigenvalue weighted by Crippen LogP contribution is -2.56. The van der Waals surface area contributed by atoms with Crippen LogP contribution in [0, 0.1) is 11.7 Å². The average Bonchev–Trinajstić information content (AvgIpc) is 2.91. The molecule has 0 N–H and O–H groups in total. The van der Waals surface area contributed by atoms with Gasteiger partial charge in [0.25, 0.3) is 5.91 Å². The summed E-state index contributed by atoms with van der Waals surface area (Å²) in [6.07, 6.45) is 0. The summed E-state index contributed by atoms with van der Waals surface area (Å²) in [5.74, 6) is -4.72. The van der Waals surface area contributed by atoms with Gasteiger partial charge < -0.3 is 9.64 Å². The maximum atomic E-state index is 13.4. The van der Waals surface area contributed by atoms with E-state index in [-0.39, 0.29) is 11.1 Å². The van der Waals surface area contributed by atoms with E-state index >= 15 is 0 Å². The van der Waals surface area contributed by atoms with Crippen molar-refractivity contribution in [2.24, 2.45) is 5.92 Å². The largest absolute Gasteiger partial charge is 0.468 e. The van der Waals surface area contributed by atoms with Gasteiger partial charge in [-0.3, -0.25) is 19.3 Å². The molecule has 1 saturated heterocycles. The van der Waals surface area contributed by atoms with E-state index in [2.05, 4.69) is 0 Å². The maximum absolute atomic E-state index is 13.4.